The van der Waals surface area contributed by atoms with Gasteiger partial charge in [-0.15, -0.1) is 11.3 Å². The Morgan fingerprint density at radius 2 is 0.930 bits per heavy atom. The maximum absolute atomic E-state index is 2.49. The highest BCUT2D eigenvalue weighted by Gasteiger charge is 2.34. The van der Waals surface area contributed by atoms with Gasteiger partial charge in [-0.3, -0.25) is 0 Å². The summed E-state index contributed by atoms with van der Waals surface area (Å²) >= 11 is 1.95. The molecule has 0 N–H and O–H groups in total. The molecule has 9 aromatic carbocycles. The second-order valence-electron chi connectivity index (χ2n) is 15.2. The quantitative estimate of drug-likeness (QED) is 0.166. The van der Waals surface area contributed by atoms with Crippen molar-refractivity contribution in [3.63, 3.8) is 0 Å². The second-order valence-corrected chi connectivity index (χ2v) is 16.2. The zero-order valence-electron chi connectivity index (χ0n) is 31.1. The van der Waals surface area contributed by atoms with Crippen LogP contribution in [0.3, 0.4) is 0 Å². The van der Waals surface area contributed by atoms with Gasteiger partial charge < -0.3 is 4.57 Å². The maximum Gasteiger partial charge on any atom is 0.0622 e. The highest BCUT2D eigenvalue weighted by atomic mass is 32.1. The van der Waals surface area contributed by atoms with Gasteiger partial charge in [0, 0.05) is 48.1 Å². The summed E-state index contributed by atoms with van der Waals surface area (Å²) in [5.74, 6) is 0.116. The van der Waals surface area contributed by atoms with Crippen molar-refractivity contribution in [3.05, 3.63) is 223 Å². The summed E-state index contributed by atoms with van der Waals surface area (Å²) in [4.78, 5) is 0. The smallest absolute Gasteiger partial charge is 0.0622 e. The molecule has 0 radical (unpaired) electrons. The van der Waals surface area contributed by atoms with E-state index in [1.807, 2.05) is 11.3 Å². The van der Waals surface area contributed by atoms with E-state index in [-0.39, 0.29) is 5.92 Å². The number of aromatic nitrogens is 1. The molecule has 1 aliphatic rings. The molecule has 1 atom stereocenters. The van der Waals surface area contributed by atoms with E-state index in [2.05, 4.69) is 211 Å². The zero-order chi connectivity index (χ0) is 37.5. The molecule has 57 heavy (non-hydrogen) atoms. The Morgan fingerprint density at radius 3 is 1.77 bits per heavy atom. The Labute approximate surface area is 335 Å². The summed E-state index contributed by atoms with van der Waals surface area (Å²) < 4.78 is 5.19. The van der Waals surface area contributed by atoms with E-state index >= 15 is 0 Å². The topological polar surface area (TPSA) is 4.93 Å². The molecule has 0 fully saturated rings. The zero-order valence-corrected chi connectivity index (χ0v) is 31.9. The van der Waals surface area contributed by atoms with Crippen LogP contribution in [0.2, 0.25) is 0 Å². The van der Waals surface area contributed by atoms with Crippen LogP contribution in [0.25, 0.3) is 92.2 Å². The van der Waals surface area contributed by atoms with E-state index in [4.69, 9.17) is 0 Å². The van der Waals surface area contributed by atoms with Gasteiger partial charge in [0.15, 0.2) is 0 Å². The van der Waals surface area contributed by atoms with Crippen LogP contribution in [-0.4, -0.2) is 4.57 Å². The molecule has 0 aliphatic heterocycles. The van der Waals surface area contributed by atoms with Crippen molar-refractivity contribution in [1.29, 1.82) is 0 Å². The normalized spacial score (nSPS) is 13.4. The molecule has 2 heteroatoms. The lowest BCUT2D eigenvalue weighted by atomic mass is 9.88. The Balaban J connectivity index is 1.03. The van der Waals surface area contributed by atoms with Crippen LogP contribution < -0.4 is 0 Å². The molecule has 1 unspecified atom stereocenters. The lowest BCUT2D eigenvalue weighted by Crippen LogP contribution is -2.00. The van der Waals surface area contributed by atoms with Gasteiger partial charge in [-0.25, -0.2) is 0 Å². The monoisotopic (exact) mass is 741 g/mol. The minimum absolute atomic E-state index is 0.116. The summed E-state index contributed by atoms with van der Waals surface area (Å²) in [5, 5.41) is 5.22. The molecule has 1 aliphatic carbocycles. The predicted molar refractivity (Wildman–Crippen MR) is 243 cm³/mol. The summed E-state index contributed by atoms with van der Waals surface area (Å²) in [6.07, 6.45) is 0. The Morgan fingerprint density at radius 1 is 0.351 bits per heavy atom. The highest BCUT2D eigenvalue weighted by Crippen LogP contribution is 2.55. The molecule has 0 spiro atoms. The van der Waals surface area contributed by atoms with Gasteiger partial charge in [-0.05, 0) is 79.9 Å². The molecule has 11 aromatic rings. The third-order valence-electron chi connectivity index (χ3n) is 12.1. The van der Waals surface area contributed by atoms with Crippen LogP contribution in [0.4, 0.5) is 0 Å². The van der Waals surface area contributed by atoms with Crippen molar-refractivity contribution in [3.8, 4) is 50.2 Å². The van der Waals surface area contributed by atoms with Crippen LogP contribution in [0.1, 0.15) is 22.6 Å². The summed E-state index contributed by atoms with van der Waals surface area (Å²) in [6.45, 7) is 0. The average Bonchev–Trinajstić information content (AvgIpc) is 3.95. The molecule has 0 amide bonds. The molecule has 12 rings (SSSR count). The van der Waals surface area contributed by atoms with E-state index in [9.17, 15) is 0 Å². The second kappa shape index (κ2) is 12.8. The van der Waals surface area contributed by atoms with E-state index in [0.29, 0.717) is 0 Å². The highest BCUT2D eigenvalue weighted by molar-refractivity contribution is 7.26. The van der Waals surface area contributed by atoms with E-state index in [1.54, 1.807) is 0 Å². The van der Waals surface area contributed by atoms with Gasteiger partial charge in [-0.2, -0.15) is 0 Å². The van der Waals surface area contributed by atoms with Gasteiger partial charge in [0.05, 0.1) is 11.0 Å². The van der Waals surface area contributed by atoms with Crippen molar-refractivity contribution in [2.75, 3.05) is 0 Å². The molecule has 1 nitrogen and oxygen atoms in total. The number of benzene rings is 9. The fraction of sp³-hybridized carbons (Fsp3) is 0.0182. The van der Waals surface area contributed by atoms with Gasteiger partial charge >= 0.3 is 0 Å². The van der Waals surface area contributed by atoms with Gasteiger partial charge in [-0.1, -0.05) is 182 Å². The molecular weight excluding hydrogens is 707 g/mol. The van der Waals surface area contributed by atoms with Crippen molar-refractivity contribution >= 4 is 53.3 Å². The molecule has 0 saturated heterocycles. The van der Waals surface area contributed by atoms with E-state index < -0.39 is 0 Å². The number of thiophene rings is 1. The molecule has 2 aromatic heterocycles. The SMILES string of the molecule is c1ccc(-c2ccc(-c3cccc(-c4cccc5c4sc4c(C6c7ccccc7-c7c6ccc6c8ccccc8n(-c8ccccc8)c76)cccc45)c3)cc2)cc1. The third-order valence-corrected chi connectivity index (χ3v) is 13.4. The van der Waals surface area contributed by atoms with Crippen LogP contribution in [-0.2, 0) is 0 Å². The lowest BCUT2D eigenvalue weighted by Gasteiger charge is -2.16. The molecule has 266 valence electrons. The summed E-state index contributed by atoms with van der Waals surface area (Å²) in [6, 6.07) is 76.1. The number of rotatable bonds is 5. The van der Waals surface area contributed by atoms with Crippen LogP contribution in [0.15, 0.2) is 206 Å². The molecule has 0 bridgehead atoms. The first-order valence-corrected chi connectivity index (χ1v) is 20.5. The van der Waals surface area contributed by atoms with Crippen LogP contribution in [0.5, 0.6) is 0 Å². The summed E-state index contributed by atoms with van der Waals surface area (Å²) in [5.41, 5.74) is 18.0. The van der Waals surface area contributed by atoms with Crippen molar-refractivity contribution in [2.24, 2.45) is 0 Å². The first-order valence-electron chi connectivity index (χ1n) is 19.7. The summed E-state index contributed by atoms with van der Waals surface area (Å²) in [7, 11) is 0. The molecular formula is C55H35NS. The van der Waals surface area contributed by atoms with E-state index in [0.717, 1.165) is 0 Å². The van der Waals surface area contributed by atoms with Crippen LogP contribution in [0, 0.1) is 0 Å². The lowest BCUT2D eigenvalue weighted by molar-refractivity contribution is 1.03. The largest absolute Gasteiger partial charge is 0.309 e. The van der Waals surface area contributed by atoms with E-state index in [1.165, 1.54) is 109 Å². The molecule has 0 saturated carbocycles. The Hall–Kier alpha value is -7.00. The Kier molecular flexibility index (Phi) is 7.23. The minimum Gasteiger partial charge on any atom is -0.309 e. The predicted octanol–water partition coefficient (Wildman–Crippen LogP) is 15.3. The fourth-order valence-corrected chi connectivity index (χ4v) is 10.9. The van der Waals surface area contributed by atoms with Gasteiger partial charge in [0.1, 0.15) is 0 Å². The number of nitrogens with zero attached hydrogens (tertiary/aromatic N) is 1. The number of para-hydroxylation sites is 2. The van der Waals surface area contributed by atoms with Crippen molar-refractivity contribution in [2.45, 2.75) is 5.92 Å². The number of fused-ring (bicyclic) bond motifs is 10. The standard InChI is InChI=1S/C55H35NS/c1-3-14-35(15-4-1)36-28-30-37(31-29-36)38-16-11-17-39(34-38)41-23-12-24-46-47-25-13-26-49(55(47)57-54(41)46)51-43-21-7-8-22-44(43)52-48(51)33-32-45-42-20-9-10-27-50(42)56(53(45)52)40-18-5-2-6-19-40/h1-34,51H. The van der Waals surface area contributed by atoms with Crippen LogP contribution >= 0.6 is 11.3 Å². The van der Waals surface area contributed by atoms with Gasteiger partial charge in [0.2, 0.25) is 0 Å². The number of hydrogen-bond donors (Lipinski definition) is 0. The average molecular weight is 742 g/mol. The number of hydrogen-bond acceptors (Lipinski definition) is 1. The Bertz CT molecular complexity index is 3330. The minimum atomic E-state index is 0.116. The third kappa shape index (κ3) is 4.94. The van der Waals surface area contributed by atoms with Gasteiger partial charge in [0.25, 0.3) is 0 Å². The first-order chi connectivity index (χ1) is 28.3. The van der Waals surface area contributed by atoms with Crippen molar-refractivity contribution in [1.82, 2.24) is 4.57 Å². The molecule has 2 heterocycles. The fourth-order valence-electron chi connectivity index (χ4n) is 9.57. The first kappa shape index (κ1) is 32.3. The maximum atomic E-state index is 2.49. The van der Waals surface area contributed by atoms with Crippen molar-refractivity contribution < 1.29 is 0 Å².